The second-order valence-corrected chi connectivity index (χ2v) is 16.9. The van der Waals surface area contributed by atoms with E-state index in [9.17, 15) is 24.3 Å². The predicted octanol–water partition coefficient (Wildman–Crippen LogP) is 8.12. The van der Waals surface area contributed by atoms with Crippen molar-refractivity contribution in [2.75, 3.05) is 28.4 Å². The number of carbonyl (C=O) groups is 4. The van der Waals surface area contributed by atoms with Gasteiger partial charge in [-0.15, -0.1) is 0 Å². The SMILES string of the molecule is CC[C@H]1C(=O)N(Cc2ccc(OC)cc2)/C(=C\C2=NC(=C\c3[nH]c(/C=C4/[C@H]([C@H](C)O)[C@@H](C)C(=O)N4Cc4ccc(OC)cc4)c(C)c3CCC(=O)OC)/C(CCC(=O)OC)=C2C)[C@@H]1C. The summed E-state index contributed by atoms with van der Waals surface area (Å²) in [5.74, 6) is -0.482. The van der Waals surface area contributed by atoms with Crippen LogP contribution in [-0.4, -0.2) is 83.9 Å². The van der Waals surface area contributed by atoms with Crippen LogP contribution in [0.25, 0.3) is 12.2 Å². The molecular weight excluding hydrogens is 813 g/mol. The molecule has 1 aromatic heterocycles. The number of allylic oxidation sites excluding steroid dienone is 4. The molecule has 2 aromatic carbocycles. The van der Waals surface area contributed by atoms with Crippen molar-refractivity contribution in [2.45, 2.75) is 92.8 Å². The lowest BCUT2D eigenvalue weighted by Gasteiger charge is -2.23. The summed E-state index contributed by atoms with van der Waals surface area (Å²) < 4.78 is 20.8. The first-order valence-electron chi connectivity index (χ1n) is 22.0. The number of benzene rings is 2. The number of methoxy groups -OCH3 is 4. The van der Waals surface area contributed by atoms with Crippen LogP contribution in [0, 0.1) is 30.6 Å². The normalized spacial score (nSPS) is 22.3. The van der Waals surface area contributed by atoms with E-state index >= 15 is 0 Å². The molecule has 0 unspecified atom stereocenters. The number of aliphatic hydroxyl groups is 1. The van der Waals surface area contributed by atoms with Gasteiger partial charge in [-0.2, -0.15) is 0 Å². The zero-order chi connectivity index (χ0) is 46.4. The molecule has 0 saturated carbocycles. The summed E-state index contributed by atoms with van der Waals surface area (Å²) in [6.45, 7) is 12.3. The lowest BCUT2D eigenvalue weighted by molar-refractivity contribution is -0.141. The average Bonchev–Trinajstić information content (AvgIpc) is 3.91. The third-order valence-electron chi connectivity index (χ3n) is 13.1. The van der Waals surface area contributed by atoms with Crippen molar-refractivity contribution < 1.29 is 43.2 Å². The fourth-order valence-corrected chi connectivity index (χ4v) is 9.25. The van der Waals surface area contributed by atoms with Crippen LogP contribution in [0.3, 0.4) is 0 Å². The average molecular weight is 875 g/mol. The molecule has 64 heavy (non-hydrogen) atoms. The lowest BCUT2D eigenvalue weighted by Crippen LogP contribution is -2.26. The summed E-state index contributed by atoms with van der Waals surface area (Å²) >= 11 is 0. The van der Waals surface area contributed by atoms with Crippen LogP contribution in [0.4, 0.5) is 0 Å². The Morgan fingerprint density at radius 3 is 1.83 bits per heavy atom. The molecule has 0 aliphatic carbocycles. The first-order valence-corrected chi connectivity index (χ1v) is 22.0. The maximum absolute atomic E-state index is 13.9. The molecule has 2 amide bonds. The fraction of sp³-hybridized carbons (Fsp3) is 0.431. The Labute approximate surface area is 376 Å². The van der Waals surface area contributed by atoms with E-state index in [1.807, 2.05) is 99.4 Å². The van der Waals surface area contributed by atoms with E-state index in [0.29, 0.717) is 66.6 Å². The molecule has 4 heterocycles. The van der Waals surface area contributed by atoms with E-state index in [2.05, 4.69) is 11.9 Å². The number of hydrogen-bond acceptors (Lipinski definition) is 10. The monoisotopic (exact) mass is 874 g/mol. The number of hydrogen-bond donors (Lipinski definition) is 2. The number of nitrogens with one attached hydrogen (secondary N) is 1. The highest BCUT2D eigenvalue weighted by molar-refractivity contribution is 6.13. The standard InChI is InChI=1S/C51H62N4O9/c1-11-38-31(4)45(54(51(38)60)27-34-12-16-36(61-7)17-13-34)25-41-29(2)39(20-22-47(57)63-9)43(52-41)24-44-40(21-23-48(58)64-10)30(3)42(53-44)26-46-49(33(6)56)32(5)50(59)55(46)28-35-14-18-37(62-8)19-15-35/h12-19,24-26,31-33,38,49,53,56H,11,20-23,27-28H2,1-10H3/b43-24-,45-25-,46-26-/t31-,32-,33+,38-,49+/m1/s1. The number of aromatic nitrogens is 1. The molecule has 340 valence electrons. The van der Waals surface area contributed by atoms with Gasteiger partial charge in [0.2, 0.25) is 11.8 Å². The van der Waals surface area contributed by atoms with Crippen molar-refractivity contribution in [3.05, 3.63) is 116 Å². The summed E-state index contributed by atoms with van der Waals surface area (Å²) in [6.07, 6.45) is 6.72. The Hall–Kier alpha value is -6.21. The molecule has 3 aromatic rings. The van der Waals surface area contributed by atoms with Crippen molar-refractivity contribution in [1.29, 1.82) is 0 Å². The summed E-state index contributed by atoms with van der Waals surface area (Å²) in [7, 11) is 5.96. The van der Waals surface area contributed by atoms with Crippen LogP contribution in [0.15, 0.2) is 87.8 Å². The van der Waals surface area contributed by atoms with E-state index in [4.69, 9.17) is 23.9 Å². The van der Waals surface area contributed by atoms with E-state index in [-0.39, 0.29) is 48.4 Å². The quantitative estimate of drug-likeness (QED) is 0.128. The minimum atomic E-state index is -0.815. The zero-order valence-corrected chi connectivity index (χ0v) is 38.7. The highest BCUT2D eigenvalue weighted by atomic mass is 16.5. The number of rotatable bonds is 17. The molecular formula is C51H62N4O9. The maximum atomic E-state index is 13.9. The van der Waals surface area contributed by atoms with Crippen molar-refractivity contribution in [2.24, 2.45) is 28.7 Å². The van der Waals surface area contributed by atoms with Crippen LogP contribution >= 0.6 is 0 Å². The molecule has 2 saturated heterocycles. The first kappa shape index (κ1) is 47.3. The third kappa shape index (κ3) is 9.94. The Balaban J connectivity index is 1.47. The lowest BCUT2D eigenvalue weighted by atomic mass is 9.89. The van der Waals surface area contributed by atoms with Crippen LogP contribution in [0.5, 0.6) is 11.5 Å². The predicted molar refractivity (Wildman–Crippen MR) is 246 cm³/mol. The molecule has 6 rings (SSSR count). The summed E-state index contributed by atoms with van der Waals surface area (Å²) in [6, 6.07) is 15.3. The Bertz CT molecular complexity index is 2400. The molecule has 3 aliphatic heterocycles. The molecule has 3 aliphatic rings. The second kappa shape index (κ2) is 20.5. The third-order valence-corrected chi connectivity index (χ3v) is 13.1. The minimum Gasteiger partial charge on any atom is -0.497 e. The largest absolute Gasteiger partial charge is 0.497 e. The van der Waals surface area contributed by atoms with Crippen molar-refractivity contribution in [1.82, 2.24) is 14.8 Å². The number of nitrogens with zero attached hydrogens (tertiary/aromatic N) is 3. The maximum Gasteiger partial charge on any atom is 0.305 e. The fourth-order valence-electron chi connectivity index (χ4n) is 9.25. The number of aliphatic imine (C=N–C) groups is 1. The van der Waals surface area contributed by atoms with Crippen LogP contribution < -0.4 is 9.47 Å². The smallest absolute Gasteiger partial charge is 0.305 e. The van der Waals surface area contributed by atoms with Gasteiger partial charge in [-0.3, -0.25) is 19.2 Å². The molecule has 5 atom stereocenters. The van der Waals surface area contributed by atoms with Crippen molar-refractivity contribution in [3.63, 3.8) is 0 Å². The number of esters is 2. The number of carbonyl (C=O) groups excluding carboxylic acids is 4. The number of aliphatic hydroxyl groups excluding tert-OH is 1. The molecule has 0 radical (unpaired) electrons. The summed E-state index contributed by atoms with van der Waals surface area (Å²) in [4.78, 5) is 65.4. The highest BCUT2D eigenvalue weighted by Gasteiger charge is 2.44. The van der Waals surface area contributed by atoms with Crippen LogP contribution in [-0.2, 0) is 48.2 Å². The van der Waals surface area contributed by atoms with E-state index < -0.39 is 17.9 Å². The topological polar surface area (TPSA) is 160 Å². The number of likely N-dealkylation sites (tertiary alicyclic amines) is 2. The molecule has 0 bridgehead atoms. The number of H-pyrrole nitrogens is 1. The highest BCUT2D eigenvalue weighted by Crippen LogP contribution is 2.42. The molecule has 13 heteroatoms. The van der Waals surface area contributed by atoms with Gasteiger partial charge in [-0.05, 0) is 116 Å². The van der Waals surface area contributed by atoms with Gasteiger partial charge in [0.1, 0.15) is 11.5 Å². The number of amides is 2. The van der Waals surface area contributed by atoms with E-state index in [1.54, 1.807) is 26.0 Å². The van der Waals surface area contributed by atoms with Gasteiger partial charge in [0.15, 0.2) is 0 Å². The second-order valence-electron chi connectivity index (χ2n) is 16.9. The Kier molecular flexibility index (Phi) is 15.2. The van der Waals surface area contributed by atoms with Gasteiger partial charge in [-0.1, -0.05) is 45.0 Å². The number of ether oxygens (including phenoxy) is 4. The van der Waals surface area contributed by atoms with Gasteiger partial charge >= 0.3 is 11.9 Å². The minimum absolute atomic E-state index is 0.0655. The first-order chi connectivity index (χ1) is 30.6. The van der Waals surface area contributed by atoms with E-state index in [1.165, 1.54) is 14.2 Å². The van der Waals surface area contributed by atoms with E-state index in [0.717, 1.165) is 44.8 Å². The van der Waals surface area contributed by atoms with Gasteiger partial charge in [0.25, 0.3) is 0 Å². The van der Waals surface area contributed by atoms with Crippen molar-refractivity contribution in [3.8, 4) is 11.5 Å². The zero-order valence-electron chi connectivity index (χ0n) is 38.7. The van der Waals surface area contributed by atoms with Gasteiger partial charge in [-0.25, -0.2) is 4.99 Å². The van der Waals surface area contributed by atoms with Crippen LogP contribution in [0.1, 0.15) is 93.9 Å². The van der Waals surface area contributed by atoms with Gasteiger partial charge < -0.3 is 38.8 Å². The summed E-state index contributed by atoms with van der Waals surface area (Å²) in [5, 5.41) is 11.1. The van der Waals surface area contributed by atoms with Crippen LogP contribution in [0.2, 0.25) is 0 Å². The van der Waals surface area contributed by atoms with Gasteiger partial charge in [0, 0.05) is 59.3 Å². The van der Waals surface area contributed by atoms with Crippen molar-refractivity contribution >= 4 is 41.6 Å². The molecule has 2 N–H and O–H groups in total. The molecule has 0 spiro atoms. The molecule has 13 nitrogen and oxygen atoms in total. The number of aromatic amines is 1. The Morgan fingerprint density at radius 1 is 0.766 bits per heavy atom. The summed E-state index contributed by atoms with van der Waals surface area (Å²) in [5.41, 5.74) is 9.61. The Morgan fingerprint density at radius 2 is 1.31 bits per heavy atom. The van der Waals surface area contributed by atoms with Gasteiger partial charge in [0.05, 0.1) is 59.0 Å². The molecule has 2 fully saturated rings.